The minimum Gasteiger partial charge on any atom is -0.324 e. The molecular formula is C16H21N3O. The molecule has 1 aliphatic heterocycles. The van der Waals surface area contributed by atoms with Crippen molar-refractivity contribution < 1.29 is 4.79 Å². The normalized spacial score (nSPS) is 23.1. The van der Waals surface area contributed by atoms with Crippen LogP contribution in [0.5, 0.6) is 0 Å². The number of benzene rings is 1. The molecule has 4 heteroatoms. The van der Waals surface area contributed by atoms with Crippen LogP contribution in [-0.4, -0.2) is 30.4 Å². The number of anilines is 1. The van der Waals surface area contributed by atoms with Crippen molar-refractivity contribution in [2.24, 2.45) is 11.8 Å². The van der Waals surface area contributed by atoms with E-state index in [2.05, 4.69) is 30.1 Å². The number of amides is 1. The Morgan fingerprint density at radius 2 is 2.00 bits per heavy atom. The third kappa shape index (κ3) is 3.82. The van der Waals surface area contributed by atoms with Gasteiger partial charge in [-0.2, -0.15) is 5.26 Å². The van der Waals surface area contributed by atoms with Gasteiger partial charge in [-0.1, -0.05) is 26.0 Å². The Balaban J connectivity index is 1.94. The maximum Gasteiger partial charge on any atom is 0.238 e. The van der Waals surface area contributed by atoms with Crippen LogP contribution in [0.25, 0.3) is 0 Å². The Bertz CT molecular complexity index is 511. The molecule has 2 atom stereocenters. The first-order valence-corrected chi connectivity index (χ1v) is 7.10. The van der Waals surface area contributed by atoms with E-state index in [9.17, 15) is 4.79 Å². The molecule has 0 aliphatic carbocycles. The maximum atomic E-state index is 12.1. The summed E-state index contributed by atoms with van der Waals surface area (Å²) in [7, 11) is 0. The molecule has 0 spiro atoms. The van der Waals surface area contributed by atoms with Gasteiger partial charge in [-0.25, -0.2) is 0 Å². The monoisotopic (exact) mass is 271 g/mol. The molecule has 0 aromatic heterocycles. The van der Waals surface area contributed by atoms with Gasteiger partial charge in [0.25, 0.3) is 0 Å². The molecule has 1 amide bonds. The lowest BCUT2D eigenvalue weighted by Gasteiger charge is -2.34. The molecule has 106 valence electrons. The zero-order valence-corrected chi connectivity index (χ0v) is 12.1. The van der Waals surface area contributed by atoms with Crippen LogP contribution < -0.4 is 5.32 Å². The highest BCUT2D eigenvalue weighted by atomic mass is 16.2. The van der Waals surface area contributed by atoms with Crippen molar-refractivity contribution in [1.82, 2.24) is 4.90 Å². The lowest BCUT2D eigenvalue weighted by molar-refractivity contribution is -0.117. The number of rotatable bonds is 3. The summed E-state index contributed by atoms with van der Waals surface area (Å²) in [4.78, 5) is 14.3. The maximum absolute atomic E-state index is 12.1. The van der Waals surface area contributed by atoms with Gasteiger partial charge in [0.15, 0.2) is 0 Å². The molecule has 1 saturated heterocycles. The number of nitriles is 1. The second-order valence-corrected chi connectivity index (χ2v) is 5.85. The highest BCUT2D eigenvalue weighted by Crippen LogP contribution is 2.21. The van der Waals surface area contributed by atoms with Crippen molar-refractivity contribution >= 4 is 11.6 Å². The third-order valence-electron chi connectivity index (χ3n) is 3.63. The first-order valence-electron chi connectivity index (χ1n) is 7.10. The van der Waals surface area contributed by atoms with Crippen LogP contribution in [0, 0.1) is 23.2 Å². The van der Waals surface area contributed by atoms with Crippen LogP contribution in [0.2, 0.25) is 0 Å². The molecule has 2 rings (SSSR count). The van der Waals surface area contributed by atoms with E-state index in [1.807, 2.05) is 6.07 Å². The van der Waals surface area contributed by atoms with E-state index in [1.165, 1.54) is 6.42 Å². The third-order valence-corrected chi connectivity index (χ3v) is 3.63. The number of carbonyl (C=O) groups excluding carboxylic acids is 1. The predicted molar refractivity (Wildman–Crippen MR) is 79.2 cm³/mol. The van der Waals surface area contributed by atoms with Gasteiger partial charge < -0.3 is 5.32 Å². The highest BCUT2D eigenvalue weighted by molar-refractivity contribution is 5.93. The van der Waals surface area contributed by atoms with Crippen LogP contribution in [0.1, 0.15) is 25.8 Å². The summed E-state index contributed by atoms with van der Waals surface area (Å²) in [6, 6.07) is 9.18. The predicted octanol–water partition coefficient (Wildman–Crippen LogP) is 2.47. The van der Waals surface area contributed by atoms with Crippen LogP contribution >= 0.6 is 0 Å². The minimum atomic E-state index is -0.0472. The Labute approximate surface area is 120 Å². The zero-order chi connectivity index (χ0) is 14.5. The van der Waals surface area contributed by atoms with Gasteiger partial charge in [-0.3, -0.25) is 9.69 Å². The first kappa shape index (κ1) is 14.5. The molecule has 0 bridgehead atoms. The number of likely N-dealkylation sites (tertiary alicyclic amines) is 1. The second-order valence-electron chi connectivity index (χ2n) is 5.85. The average molecular weight is 271 g/mol. The van der Waals surface area contributed by atoms with Gasteiger partial charge in [0.2, 0.25) is 5.91 Å². The van der Waals surface area contributed by atoms with E-state index in [-0.39, 0.29) is 5.91 Å². The van der Waals surface area contributed by atoms with Gasteiger partial charge in [-0.15, -0.1) is 0 Å². The zero-order valence-electron chi connectivity index (χ0n) is 12.1. The largest absolute Gasteiger partial charge is 0.324 e. The Hall–Kier alpha value is -1.86. The van der Waals surface area contributed by atoms with Crippen molar-refractivity contribution in [3.05, 3.63) is 29.8 Å². The Morgan fingerprint density at radius 1 is 1.35 bits per heavy atom. The molecule has 1 N–H and O–H groups in total. The van der Waals surface area contributed by atoms with Crippen molar-refractivity contribution in [2.75, 3.05) is 25.0 Å². The van der Waals surface area contributed by atoms with Crippen LogP contribution in [-0.2, 0) is 4.79 Å². The van der Waals surface area contributed by atoms with Gasteiger partial charge in [0, 0.05) is 13.1 Å². The van der Waals surface area contributed by atoms with E-state index in [1.54, 1.807) is 18.2 Å². The van der Waals surface area contributed by atoms with Crippen LogP contribution in [0.15, 0.2) is 24.3 Å². The molecule has 1 aromatic carbocycles. The van der Waals surface area contributed by atoms with Crippen molar-refractivity contribution in [2.45, 2.75) is 20.3 Å². The number of nitrogens with zero attached hydrogens (tertiary/aromatic N) is 2. The number of hydrogen-bond donors (Lipinski definition) is 1. The Kier molecular flexibility index (Phi) is 4.75. The summed E-state index contributed by atoms with van der Waals surface area (Å²) >= 11 is 0. The standard InChI is InChI=1S/C16H21N3O/c1-12-7-13(2)10-19(9-12)11-16(20)18-15-6-4-3-5-14(15)8-17/h3-6,12-13H,7,9-11H2,1-2H3,(H,18,20)/t12-,13+. The van der Waals surface area contributed by atoms with Gasteiger partial charge in [0.05, 0.1) is 17.8 Å². The molecule has 20 heavy (non-hydrogen) atoms. The van der Waals surface area contributed by atoms with Crippen LogP contribution in [0.3, 0.4) is 0 Å². The minimum absolute atomic E-state index is 0.0472. The molecule has 0 saturated carbocycles. The summed E-state index contributed by atoms with van der Waals surface area (Å²) < 4.78 is 0. The fourth-order valence-electron chi connectivity index (χ4n) is 3.00. The average Bonchev–Trinajstić information content (AvgIpc) is 2.37. The summed E-state index contributed by atoms with van der Waals surface area (Å²) in [5.41, 5.74) is 1.10. The molecule has 0 unspecified atom stereocenters. The van der Waals surface area contributed by atoms with Crippen LogP contribution in [0.4, 0.5) is 5.69 Å². The molecule has 1 heterocycles. The van der Waals surface area contributed by atoms with Crippen molar-refractivity contribution in [1.29, 1.82) is 5.26 Å². The summed E-state index contributed by atoms with van der Waals surface area (Å²) in [6.45, 7) is 6.79. The number of nitrogens with one attached hydrogen (secondary N) is 1. The number of piperidine rings is 1. The Morgan fingerprint density at radius 3 is 2.65 bits per heavy atom. The van der Waals surface area contributed by atoms with Gasteiger partial charge in [-0.05, 0) is 30.4 Å². The topological polar surface area (TPSA) is 56.1 Å². The first-order chi connectivity index (χ1) is 9.58. The van der Waals surface area contributed by atoms with E-state index < -0.39 is 0 Å². The van der Waals surface area contributed by atoms with E-state index in [4.69, 9.17) is 5.26 Å². The quantitative estimate of drug-likeness (QED) is 0.918. The molecule has 1 fully saturated rings. The lowest BCUT2D eigenvalue weighted by atomic mass is 9.92. The second kappa shape index (κ2) is 6.53. The molecule has 0 radical (unpaired) electrons. The summed E-state index contributed by atoms with van der Waals surface area (Å²) in [5.74, 6) is 1.23. The van der Waals surface area contributed by atoms with E-state index in [0.717, 1.165) is 13.1 Å². The number of hydrogen-bond acceptors (Lipinski definition) is 3. The smallest absolute Gasteiger partial charge is 0.238 e. The fraction of sp³-hybridized carbons (Fsp3) is 0.500. The van der Waals surface area contributed by atoms with E-state index >= 15 is 0 Å². The summed E-state index contributed by atoms with van der Waals surface area (Å²) in [5, 5.41) is 11.8. The van der Waals surface area contributed by atoms with Gasteiger partial charge >= 0.3 is 0 Å². The molecular weight excluding hydrogens is 250 g/mol. The number of para-hydroxylation sites is 1. The summed E-state index contributed by atoms with van der Waals surface area (Å²) in [6.07, 6.45) is 1.23. The highest BCUT2D eigenvalue weighted by Gasteiger charge is 2.23. The molecule has 1 aliphatic rings. The van der Waals surface area contributed by atoms with Crippen molar-refractivity contribution in [3.63, 3.8) is 0 Å². The number of carbonyl (C=O) groups is 1. The molecule has 1 aromatic rings. The lowest BCUT2D eigenvalue weighted by Crippen LogP contribution is -2.42. The van der Waals surface area contributed by atoms with E-state index in [0.29, 0.717) is 29.6 Å². The van der Waals surface area contributed by atoms with Gasteiger partial charge in [0.1, 0.15) is 6.07 Å². The fourth-order valence-corrected chi connectivity index (χ4v) is 3.00. The molecule has 4 nitrogen and oxygen atoms in total. The van der Waals surface area contributed by atoms with Crippen molar-refractivity contribution in [3.8, 4) is 6.07 Å². The SMILES string of the molecule is C[C@@H]1C[C@H](C)CN(CC(=O)Nc2ccccc2C#N)C1.